The van der Waals surface area contributed by atoms with E-state index in [1.807, 2.05) is 0 Å². The molecule has 0 amide bonds. The molecule has 4 rings (SSSR count). The number of nitrogens with zero attached hydrogens (tertiary/aromatic N) is 1. The molecule has 2 atom stereocenters. The van der Waals surface area contributed by atoms with Crippen molar-refractivity contribution in [1.82, 2.24) is 10.2 Å². The molecule has 3 aliphatic rings. The van der Waals surface area contributed by atoms with Crippen LogP contribution in [0.25, 0.3) is 0 Å². The van der Waals surface area contributed by atoms with Gasteiger partial charge in [-0.05, 0) is 50.6 Å². The van der Waals surface area contributed by atoms with Crippen molar-refractivity contribution in [3.63, 3.8) is 0 Å². The van der Waals surface area contributed by atoms with Gasteiger partial charge in [0.05, 0.1) is 5.60 Å². The van der Waals surface area contributed by atoms with Crippen LogP contribution in [-0.4, -0.2) is 55.5 Å². The van der Waals surface area contributed by atoms with Gasteiger partial charge >= 0.3 is 0 Å². The van der Waals surface area contributed by atoms with Crippen molar-refractivity contribution in [2.24, 2.45) is 0 Å². The van der Waals surface area contributed by atoms with Crippen molar-refractivity contribution in [3.05, 3.63) is 35.9 Å². The lowest BCUT2D eigenvalue weighted by atomic mass is 9.83. The molecule has 0 aliphatic carbocycles. The summed E-state index contributed by atoms with van der Waals surface area (Å²) >= 11 is 0. The molecule has 1 spiro atoms. The number of rotatable bonds is 4. The maximum absolute atomic E-state index is 6.20. The van der Waals surface area contributed by atoms with Crippen LogP contribution >= 0.6 is 0 Å². The Labute approximate surface area is 151 Å². The second-order valence-corrected chi connectivity index (χ2v) is 8.06. The highest BCUT2D eigenvalue weighted by molar-refractivity contribution is 5.14. The van der Waals surface area contributed by atoms with Gasteiger partial charge in [-0.15, -0.1) is 0 Å². The van der Waals surface area contributed by atoms with Crippen molar-refractivity contribution in [2.45, 2.75) is 62.8 Å². The largest absolute Gasteiger partial charge is 0.381 e. The number of hydrogen-bond donors (Lipinski definition) is 1. The molecular weight excluding hydrogens is 312 g/mol. The first-order valence-corrected chi connectivity index (χ1v) is 10.1. The lowest BCUT2D eigenvalue weighted by molar-refractivity contribution is -0.141. The first-order chi connectivity index (χ1) is 12.3. The quantitative estimate of drug-likeness (QED) is 0.910. The van der Waals surface area contributed by atoms with Gasteiger partial charge in [0.2, 0.25) is 0 Å². The van der Waals surface area contributed by atoms with E-state index in [2.05, 4.69) is 40.5 Å². The van der Waals surface area contributed by atoms with Crippen LogP contribution in [0.15, 0.2) is 30.3 Å². The standard InChI is InChI=1S/C21H32N2O2/c1-2-5-18(6-3-1)16-23-11-4-7-20(17-23)22-19-8-12-25-21(15-19)9-13-24-14-10-21/h1-3,5-6,19-20,22H,4,7-17H2. The second-order valence-electron chi connectivity index (χ2n) is 8.06. The summed E-state index contributed by atoms with van der Waals surface area (Å²) in [5, 5.41) is 3.98. The van der Waals surface area contributed by atoms with E-state index in [1.165, 1.54) is 31.5 Å². The molecule has 3 fully saturated rings. The van der Waals surface area contributed by atoms with Crippen LogP contribution in [0.4, 0.5) is 0 Å². The van der Waals surface area contributed by atoms with Crippen molar-refractivity contribution in [2.75, 3.05) is 32.9 Å². The molecule has 25 heavy (non-hydrogen) atoms. The lowest BCUT2D eigenvalue weighted by Crippen LogP contribution is -2.54. The molecule has 3 saturated heterocycles. The van der Waals surface area contributed by atoms with Crippen LogP contribution in [-0.2, 0) is 16.0 Å². The zero-order valence-corrected chi connectivity index (χ0v) is 15.3. The van der Waals surface area contributed by atoms with Crippen LogP contribution in [0, 0.1) is 0 Å². The molecule has 1 aromatic rings. The summed E-state index contributed by atoms with van der Waals surface area (Å²) in [4.78, 5) is 2.61. The van der Waals surface area contributed by atoms with E-state index in [-0.39, 0.29) is 5.60 Å². The van der Waals surface area contributed by atoms with Crippen molar-refractivity contribution in [1.29, 1.82) is 0 Å². The van der Waals surface area contributed by atoms with E-state index in [0.29, 0.717) is 12.1 Å². The number of piperidine rings is 1. The molecule has 1 aromatic carbocycles. The molecule has 3 heterocycles. The summed E-state index contributed by atoms with van der Waals surface area (Å²) in [6, 6.07) is 12.1. The first-order valence-electron chi connectivity index (χ1n) is 10.1. The van der Waals surface area contributed by atoms with E-state index < -0.39 is 0 Å². The van der Waals surface area contributed by atoms with Gasteiger partial charge in [0.1, 0.15) is 0 Å². The van der Waals surface area contributed by atoms with Gasteiger partial charge in [-0.1, -0.05) is 30.3 Å². The SMILES string of the molecule is c1ccc(CN2CCCC(NC3CCOC4(CCOCC4)C3)C2)cc1. The molecule has 0 saturated carbocycles. The Morgan fingerprint density at radius 2 is 1.88 bits per heavy atom. The molecule has 4 nitrogen and oxygen atoms in total. The Balaban J connectivity index is 1.29. The van der Waals surface area contributed by atoms with Crippen molar-refractivity contribution in [3.8, 4) is 0 Å². The highest BCUT2D eigenvalue weighted by Gasteiger charge is 2.39. The predicted octanol–water partition coefficient (Wildman–Crippen LogP) is 2.97. The number of ether oxygens (including phenoxy) is 2. The Bertz CT molecular complexity index is 524. The first kappa shape index (κ1) is 17.5. The zero-order chi connectivity index (χ0) is 17.0. The average molecular weight is 344 g/mol. The lowest BCUT2D eigenvalue weighted by Gasteiger charge is -2.45. The second kappa shape index (κ2) is 8.17. The minimum Gasteiger partial charge on any atom is -0.381 e. The minimum absolute atomic E-state index is 0.0898. The number of nitrogens with one attached hydrogen (secondary N) is 1. The maximum atomic E-state index is 6.20. The van der Waals surface area contributed by atoms with Gasteiger partial charge < -0.3 is 14.8 Å². The smallest absolute Gasteiger partial charge is 0.0741 e. The normalized spacial score (nSPS) is 30.4. The Hall–Kier alpha value is -0.940. The Morgan fingerprint density at radius 1 is 1.04 bits per heavy atom. The Kier molecular flexibility index (Phi) is 5.71. The van der Waals surface area contributed by atoms with Gasteiger partial charge in [0.25, 0.3) is 0 Å². The van der Waals surface area contributed by atoms with E-state index >= 15 is 0 Å². The van der Waals surface area contributed by atoms with Crippen LogP contribution in [0.3, 0.4) is 0 Å². The molecular formula is C21H32N2O2. The maximum Gasteiger partial charge on any atom is 0.0741 e. The van der Waals surface area contributed by atoms with Gasteiger partial charge in [0, 0.05) is 45.0 Å². The average Bonchev–Trinajstić information content (AvgIpc) is 2.64. The summed E-state index contributed by atoms with van der Waals surface area (Å²) in [5.74, 6) is 0. The highest BCUT2D eigenvalue weighted by Crippen LogP contribution is 2.34. The summed E-state index contributed by atoms with van der Waals surface area (Å²) < 4.78 is 11.7. The topological polar surface area (TPSA) is 33.7 Å². The van der Waals surface area contributed by atoms with Crippen LogP contribution in [0.5, 0.6) is 0 Å². The molecule has 2 unspecified atom stereocenters. The third kappa shape index (κ3) is 4.62. The van der Waals surface area contributed by atoms with Crippen LogP contribution < -0.4 is 5.32 Å². The van der Waals surface area contributed by atoms with E-state index in [4.69, 9.17) is 9.47 Å². The Morgan fingerprint density at radius 3 is 2.72 bits per heavy atom. The number of likely N-dealkylation sites (tertiary alicyclic amines) is 1. The van der Waals surface area contributed by atoms with Gasteiger partial charge in [-0.2, -0.15) is 0 Å². The fourth-order valence-corrected chi connectivity index (χ4v) is 4.77. The third-order valence-corrected chi connectivity index (χ3v) is 6.12. The van der Waals surface area contributed by atoms with Crippen molar-refractivity contribution < 1.29 is 9.47 Å². The number of benzene rings is 1. The molecule has 0 radical (unpaired) electrons. The van der Waals surface area contributed by atoms with Crippen LogP contribution in [0.1, 0.15) is 44.1 Å². The van der Waals surface area contributed by atoms with E-state index in [9.17, 15) is 0 Å². The molecule has 4 heteroatoms. The van der Waals surface area contributed by atoms with Gasteiger partial charge in [0.15, 0.2) is 0 Å². The molecule has 3 aliphatic heterocycles. The third-order valence-electron chi connectivity index (χ3n) is 6.12. The van der Waals surface area contributed by atoms with Gasteiger partial charge in [-0.25, -0.2) is 0 Å². The highest BCUT2D eigenvalue weighted by atomic mass is 16.5. The van der Waals surface area contributed by atoms with E-state index in [0.717, 1.165) is 52.0 Å². The molecule has 0 aromatic heterocycles. The monoisotopic (exact) mass is 344 g/mol. The van der Waals surface area contributed by atoms with Crippen LogP contribution in [0.2, 0.25) is 0 Å². The fraction of sp³-hybridized carbons (Fsp3) is 0.714. The predicted molar refractivity (Wildman–Crippen MR) is 99.6 cm³/mol. The number of hydrogen-bond acceptors (Lipinski definition) is 4. The minimum atomic E-state index is 0.0898. The fourth-order valence-electron chi connectivity index (χ4n) is 4.77. The summed E-state index contributed by atoms with van der Waals surface area (Å²) in [6.45, 7) is 6.10. The molecule has 1 N–H and O–H groups in total. The molecule has 0 bridgehead atoms. The van der Waals surface area contributed by atoms with Gasteiger partial charge in [-0.3, -0.25) is 4.90 Å². The van der Waals surface area contributed by atoms with Crippen molar-refractivity contribution >= 4 is 0 Å². The zero-order valence-electron chi connectivity index (χ0n) is 15.3. The summed E-state index contributed by atoms with van der Waals surface area (Å²) in [6.07, 6.45) is 7.04. The molecule has 138 valence electrons. The summed E-state index contributed by atoms with van der Waals surface area (Å²) in [5.41, 5.74) is 1.52. The summed E-state index contributed by atoms with van der Waals surface area (Å²) in [7, 11) is 0. The van der Waals surface area contributed by atoms with E-state index in [1.54, 1.807) is 0 Å².